The van der Waals surface area contributed by atoms with Crippen LogP contribution in [0, 0.1) is 18.6 Å². The molecule has 12 heavy (non-hydrogen) atoms. The summed E-state index contributed by atoms with van der Waals surface area (Å²) in [6.07, 6.45) is 0. The van der Waals surface area contributed by atoms with Crippen molar-refractivity contribution in [3.05, 3.63) is 34.9 Å². The zero-order valence-corrected chi connectivity index (χ0v) is 6.27. The second-order valence-electron chi connectivity index (χ2n) is 2.39. The summed E-state index contributed by atoms with van der Waals surface area (Å²) in [6.45, 7) is 1.31. The molecule has 0 aliphatic carbocycles. The molecule has 0 saturated heterocycles. The molecule has 0 amide bonds. The van der Waals surface area contributed by atoms with Crippen LogP contribution < -0.4 is 0 Å². The zero-order valence-electron chi connectivity index (χ0n) is 6.27. The molecule has 0 fully saturated rings. The molecule has 4 heteroatoms. The highest BCUT2D eigenvalue weighted by atomic mass is 19.1. The van der Waals surface area contributed by atoms with Crippen LogP contribution in [0.15, 0.2) is 12.1 Å². The smallest absolute Gasteiger partial charge is 0.338 e. The third-order valence-corrected chi connectivity index (χ3v) is 1.45. The van der Waals surface area contributed by atoms with Crippen LogP contribution in [0.25, 0.3) is 0 Å². The van der Waals surface area contributed by atoms with Crippen LogP contribution in [0.4, 0.5) is 8.78 Å². The third-order valence-electron chi connectivity index (χ3n) is 1.45. The Morgan fingerprint density at radius 2 is 2.00 bits per heavy atom. The molecular weight excluding hydrogens is 166 g/mol. The lowest BCUT2D eigenvalue weighted by Gasteiger charge is -2.00. The summed E-state index contributed by atoms with van der Waals surface area (Å²) in [5.74, 6) is -3.09. The van der Waals surface area contributed by atoms with E-state index in [1.54, 1.807) is 0 Å². The van der Waals surface area contributed by atoms with Crippen molar-refractivity contribution >= 4 is 5.97 Å². The van der Waals surface area contributed by atoms with Crippen LogP contribution in [-0.4, -0.2) is 11.1 Å². The maximum Gasteiger partial charge on any atom is 0.338 e. The highest BCUT2D eigenvalue weighted by Gasteiger charge is 2.13. The standard InChI is InChI=1S/C8H6F2O2/c1-4-2-5(9)3-6(7(4)10)8(11)12/h2-3H,1H3,(H,11,12). The SMILES string of the molecule is Cc1cc(F)cc(C(=O)O)c1F. The highest BCUT2D eigenvalue weighted by Crippen LogP contribution is 2.14. The van der Waals surface area contributed by atoms with Crippen LogP contribution >= 0.6 is 0 Å². The number of hydrogen-bond acceptors (Lipinski definition) is 1. The fourth-order valence-corrected chi connectivity index (χ4v) is 0.881. The summed E-state index contributed by atoms with van der Waals surface area (Å²) in [5.41, 5.74) is -0.639. The van der Waals surface area contributed by atoms with Gasteiger partial charge >= 0.3 is 5.97 Å². The van der Waals surface area contributed by atoms with E-state index in [0.717, 1.165) is 6.07 Å². The summed E-state index contributed by atoms with van der Waals surface area (Å²) in [5, 5.41) is 8.41. The maximum absolute atomic E-state index is 12.9. The Kier molecular flexibility index (Phi) is 2.08. The number of benzene rings is 1. The van der Waals surface area contributed by atoms with Crippen molar-refractivity contribution in [3.63, 3.8) is 0 Å². The van der Waals surface area contributed by atoms with Gasteiger partial charge in [0.25, 0.3) is 0 Å². The Labute approximate surface area is 67.4 Å². The van der Waals surface area contributed by atoms with Gasteiger partial charge in [-0.15, -0.1) is 0 Å². The number of carboxylic acids is 1. The maximum atomic E-state index is 12.9. The molecule has 0 aliphatic heterocycles. The fourth-order valence-electron chi connectivity index (χ4n) is 0.881. The number of aryl methyl sites for hydroxylation is 1. The van der Waals surface area contributed by atoms with Crippen LogP contribution in [0.5, 0.6) is 0 Å². The van der Waals surface area contributed by atoms with Gasteiger partial charge in [-0.1, -0.05) is 0 Å². The Morgan fingerprint density at radius 3 is 2.50 bits per heavy atom. The predicted molar refractivity (Wildman–Crippen MR) is 38.1 cm³/mol. The first-order chi connectivity index (χ1) is 5.52. The molecule has 0 spiro atoms. The highest BCUT2D eigenvalue weighted by molar-refractivity contribution is 5.88. The average molecular weight is 172 g/mol. The van der Waals surface area contributed by atoms with E-state index >= 15 is 0 Å². The molecule has 1 N–H and O–H groups in total. The monoisotopic (exact) mass is 172 g/mol. The largest absolute Gasteiger partial charge is 0.478 e. The topological polar surface area (TPSA) is 37.3 Å². The summed E-state index contributed by atoms with van der Waals surface area (Å²) in [4.78, 5) is 10.3. The van der Waals surface area contributed by atoms with Gasteiger partial charge in [-0.2, -0.15) is 0 Å². The van der Waals surface area contributed by atoms with E-state index in [9.17, 15) is 13.6 Å². The second-order valence-corrected chi connectivity index (χ2v) is 2.39. The predicted octanol–water partition coefficient (Wildman–Crippen LogP) is 1.97. The van der Waals surface area contributed by atoms with E-state index in [1.165, 1.54) is 6.92 Å². The zero-order chi connectivity index (χ0) is 9.30. The summed E-state index contributed by atoms with van der Waals surface area (Å²) >= 11 is 0. The molecule has 64 valence electrons. The normalized spacial score (nSPS) is 9.92. The van der Waals surface area contributed by atoms with Crippen LogP contribution in [0.1, 0.15) is 15.9 Å². The molecule has 1 rings (SSSR count). The number of aromatic carboxylic acids is 1. The van der Waals surface area contributed by atoms with Gasteiger partial charge in [0.15, 0.2) is 0 Å². The molecule has 0 saturated carbocycles. The van der Waals surface area contributed by atoms with Crippen LogP contribution in [0.3, 0.4) is 0 Å². The Bertz CT molecular complexity index is 334. The quantitative estimate of drug-likeness (QED) is 0.703. The van der Waals surface area contributed by atoms with Crippen LogP contribution in [0.2, 0.25) is 0 Å². The van der Waals surface area contributed by atoms with Gasteiger partial charge in [-0.05, 0) is 24.6 Å². The van der Waals surface area contributed by atoms with Gasteiger partial charge in [-0.3, -0.25) is 0 Å². The van der Waals surface area contributed by atoms with Gasteiger partial charge in [-0.25, -0.2) is 13.6 Å². The van der Waals surface area contributed by atoms with Crippen molar-refractivity contribution in [2.24, 2.45) is 0 Å². The number of rotatable bonds is 1. The Morgan fingerprint density at radius 1 is 1.42 bits per heavy atom. The van der Waals surface area contributed by atoms with E-state index in [2.05, 4.69) is 0 Å². The molecule has 0 aliphatic rings. The number of carboxylic acid groups (broad SMARTS) is 1. The van der Waals surface area contributed by atoms with Crippen molar-refractivity contribution in [1.82, 2.24) is 0 Å². The Hall–Kier alpha value is -1.45. The first kappa shape index (κ1) is 8.64. The van der Waals surface area contributed by atoms with E-state index in [0.29, 0.717) is 6.07 Å². The van der Waals surface area contributed by atoms with Crippen molar-refractivity contribution < 1.29 is 18.7 Å². The summed E-state index contributed by atoms with van der Waals surface area (Å²) in [7, 11) is 0. The summed E-state index contributed by atoms with van der Waals surface area (Å²) in [6, 6.07) is 1.60. The molecule has 0 bridgehead atoms. The molecule has 1 aromatic carbocycles. The van der Waals surface area contributed by atoms with Crippen molar-refractivity contribution in [3.8, 4) is 0 Å². The minimum atomic E-state index is -1.46. The second kappa shape index (κ2) is 2.89. The molecule has 1 aromatic rings. The molecule has 0 aromatic heterocycles. The van der Waals surface area contributed by atoms with Gasteiger partial charge < -0.3 is 5.11 Å². The van der Waals surface area contributed by atoms with Gasteiger partial charge in [0.1, 0.15) is 11.6 Å². The van der Waals surface area contributed by atoms with Gasteiger partial charge in [0.05, 0.1) is 5.56 Å². The van der Waals surface area contributed by atoms with Gasteiger partial charge in [0.2, 0.25) is 0 Å². The molecule has 2 nitrogen and oxygen atoms in total. The van der Waals surface area contributed by atoms with Crippen molar-refractivity contribution in [2.45, 2.75) is 6.92 Å². The molecule has 0 atom stereocenters. The first-order valence-electron chi connectivity index (χ1n) is 3.21. The fraction of sp³-hybridized carbons (Fsp3) is 0.125. The molecule has 0 unspecified atom stereocenters. The number of carbonyl (C=O) groups is 1. The average Bonchev–Trinajstić information content (AvgIpc) is 1.96. The minimum Gasteiger partial charge on any atom is -0.478 e. The lowest BCUT2D eigenvalue weighted by molar-refractivity contribution is 0.0691. The number of hydrogen-bond donors (Lipinski definition) is 1. The van der Waals surface area contributed by atoms with E-state index < -0.39 is 23.2 Å². The minimum absolute atomic E-state index is 0.00704. The lowest BCUT2D eigenvalue weighted by atomic mass is 10.1. The molecular formula is C8H6F2O2. The Balaban J connectivity index is 3.37. The van der Waals surface area contributed by atoms with E-state index in [4.69, 9.17) is 5.11 Å². The molecule has 0 heterocycles. The van der Waals surface area contributed by atoms with Gasteiger partial charge in [0, 0.05) is 0 Å². The van der Waals surface area contributed by atoms with Crippen molar-refractivity contribution in [1.29, 1.82) is 0 Å². The number of halogens is 2. The van der Waals surface area contributed by atoms with Crippen LogP contribution in [-0.2, 0) is 0 Å². The van der Waals surface area contributed by atoms with Crippen molar-refractivity contribution in [2.75, 3.05) is 0 Å². The first-order valence-corrected chi connectivity index (χ1v) is 3.21. The summed E-state index contributed by atoms with van der Waals surface area (Å²) < 4.78 is 25.4. The van der Waals surface area contributed by atoms with E-state index in [-0.39, 0.29) is 5.56 Å². The molecule has 0 radical (unpaired) electrons. The van der Waals surface area contributed by atoms with E-state index in [1.807, 2.05) is 0 Å². The third kappa shape index (κ3) is 1.42. The lowest BCUT2D eigenvalue weighted by Crippen LogP contribution is -2.03.